The molecule has 4 heteroatoms. The Morgan fingerprint density at radius 2 is 2.00 bits per heavy atom. The third-order valence-corrected chi connectivity index (χ3v) is 6.40. The highest BCUT2D eigenvalue weighted by atomic mass is 32.1. The molecule has 1 aromatic heterocycles. The van der Waals surface area contributed by atoms with Crippen LogP contribution in [0.3, 0.4) is 0 Å². The fourth-order valence-corrected chi connectivity index (χ4v) is 5.28. The second-order valence-corrected chi connectivity index (χ2v) is 7.82. The molecule has 0 amide bonds. The summed E-state index contributed by atoms with van der Waals surface area (Å²) in [6, 6.07) is 13.2. The van der Waals surface area contributed by atoms with Crippen LogP contribution in [0.25, 0.3) is 10.8 Å². The van der Waals surface area contributed by atoms with Crippen molar-refractivity contribution in [2.45, 2.75) is 38.6 Å². The van der Waals surface area contributed by atoms with Crippen molar-refractivity contribution < 1.29 is 5.11 Å². The molecule has 4 rings (SSSR count). The normalized spacial score (nSPS) is 17.3. The van der Waals surface area contributed by atoms with Gasteiger partial charge < -0.3 is 5.11 Å². The lowest BCUT2D eigenvalue weighted by atomic mass is 9.81. The molecule has 1 atom stereocenters. The van der Waals surface area contributed by atoms with Crippen molar-refractivity contribution in [1.82, 2.24) is 4.57 Å². The number of aryl methyl sites for hydroxylation is 1. The molecule has 118 valence electrons. The van der Waals surface area contributed by atoms with Crippen LogP contribution >= 0.6 is 23.6 Å². The fourth-order valence-electron chi connectivity index (χ4n) is 3.69. The highest BCUT2D eigenvalue weighted by Crippen LogP contribution is 2.44. The highest BCUT2D eigenvalue weighted by Gasteiger charge is 2.27. The number of aromatic nitrogens is 1. The Bertz CT molecular complexity index is 938. The minimum Gasteiger partial charge on any atom is -0.494 e. The molecule has 23 heavy (non-hydrogen) atoms. The molecule has 1 unspecified atom stereocenters. The van der Waals surface area contributed by atoms with Gasteiger partial charge in [0.15, 0.2) is 3.95 Å². The summed E-state index contributed by atoms with van der Waals surface area (Å²) in [5.74, 6) is 0.636. The van der Waals surface area contributed by atoms with E-state index in [0.717, 1.165) is 34.6 Å². The van der Waals surface area contributed by atoms with Gasteiger partial charge in [-0.3, -0.25) is 4.57 Å². The summed E-state index contributed by atoms with van der Waals surface area (Å²) < 4.78 is 2.61. The SMILES string of the molecule is CCn1c(O)c(C2CCCc3cc4ccccc4cc32)sc1=S. The van der Waals surface area contributed by atoms with E-state index in [1.165, 1.54) is 21.9 Å². The summed E-state index contributed by atoms with van der Waals surface area (Å²) in [4.78, 5) is 1.04. The smallest absolute Gasteiger partial charge is 0.206 e. The zero-order chi connectivity index (χ0) is 16.0. The Labute approximate surface area is 145 Å². The molecule has 2 nitrogen and oxygen atoms in total. The molecule has 3 aromatic rings. The molecule has 1 N–H and O–H groups in total. The minimum absolute atomic E-state index is 0.267. The molecular formula is C19H19NOS2. The van der Waals surface area contributed by atoms with Crippen LogP contribution in [0.1, 0.15) is 41.7 Å². The van der Waals surface area contributed by atoms with Crippen molar-refractivity contribution in [3.05, 3.63) is 56.4 Å². The Kier molecular flexibility index (Phi) is 3.74. The highest BCUT2D eigenvalue weighted by molar-refractivity contribution is 7.73. The summed E-state index contributed by atoms with van der Waals surface area (Å²) in [5.41, 5.74) is 2.78. The lowest BCUT2D eigenvalue weighted by Gasteiger charge is -2.25. The number of hydrogen-bond donors (Lipinski definition) is 1. The van der Waals surface area contributed by atoms with Gasteiger partial charge in [0.1, 0.15) is 0 Å². The maximum Gasteiger partial charge on any atom is 0.206 e. The summed E-state index contributed by atoms with van der Waals surface area (Å²) in [7, 11) is 0. The first-order chi connectivity index (χ1) is 11.2. The predicted octanol–water partition coefficient (Wildman–Crippen LogP) is 5.63. The molecular weight excluding hydrogens is 322 g/mol. The predicted molar refractivity (Wildman–Crippen MR) is 99.2 cm³/mol. The number of benzene rings is 2. The van der Waals surface area contributed by atoms with Crippen LogP contribution in [-0.4, -0.2) is 9.67 Å². The van der Waals surface area contributed by atoms with Crippen LogP contribution in [0.5, 0.6) is 5.88 Å². The first-order valence-electron chi connectivity index (χ1n) is 8.13. The summed E-state index contributed by atoms with van der Waals surface area (Å²) in [6.07, 6.45) is 3.36. The van der Waals surface area contributed by atoms with Crippen LogP contribution < -0.4 is 0 Å². The monoisotopic (exact) mass is 341 g/mol. The van der Waals surface area contributed by atoms with E-state index in [2.05, 4.69) is 36.4 Å². The topological polar surface area (TPSA) is 25.2 Å². The third-order valence-electron chi connectivity index (χ3n) is 4.85. The van der Waals surface area contributed by atoms with Gasteiger partial charge in [-0.05, 0) is 60.3 Å². The average molecular weight is 342 g/mol. The van der Waals surface area contributed by atoms with Crippen LogP contribution in [0.15, 0.2) is 36.4 Å². The van der Waals surface area contributed by atoms with Gasteiger partial charge >= 0.3 is 0 Å². The summed E-state index contributed by atoms with van der Waals surface area (Å²) in [5, 5.41) is 13.2. The minimum atomic E-state index is 0.267. The van der Waals surface area contributed by atoms with Crippen LogP contribution in [-0.2, 0) is 13.0 Å². The molecule has 1 aliphatic rings. The van der Waals surface area contributed by atoms with Gasteiger partial charge in [0.25, 0.3) is 0 Å². The molecule has 1 heterocycles. The molecule has 0 saturated carbocycles. The van der Waals surface area contributed by atoms with Crippen LogP contribution in [0.4, 0.5) is 0 Å². The van der Waals surface area contributed by atoms with Crippen LogP contribution in [0, 0.1) is 3.95 Å². The number of aromatic hydroxyl groups is 1. The summed E-state index contributed by atoms with van der Waals surface area (Å²) in [6.45, 7) is 2.74. The number of rotatable bonds is 2. The van der Waals surface area contributed by atoms with E-state index in [4.69, 9.17) is 12.2 Å². The Hall–Kier alpha value is -1.65. The van der Waals surface area contributed by atoms with Gasteiger partial charge in [0.05, 0.1) is 4.88 Å². The maximum atomic E-state index is 10.6. The lowest BCUT2D eigenvalue weighted by Crippen LogP contribution is -2.10. The number of hydrogen-bond acceptors (Lipinski definition) is 3. The Morgan fingerprint density at radius 1 is 1.26 bits per heavy atom. The second-order valence-electron chi connectivity index (χ2n) is 6.14. The van der Waals surface area contributed by atoms with Crippen molar-refractivity contribution in [2.75, 3.05) is 0 Å². The van der Waals surface area contributed by atoms with Gasteiger partial charge in [0, 0.05) is 12.5 Å². The Balaban J connectivity index is 1.90. The van der Waals surface area contributed by atoms with Gasteiger partial charge in [0.2, 0.25) is 5.88 Å². The van der Waals surface area contributed by atoms with Gasteiger partial charge in [-0.25, -0.2) is 0 Å². The third kappa shape index (κ3) is 2.41. The molecule has 0 bridgehead atoms. The number of thiazole rings is 1. The quantitative estimate of drug-likeness (QED) is 0.611. The van der Waals surface area contributed by atoms with E-state index in [1.54, 1.807) is 11.3 Å². The van der Waals surface area contributed by atoms with Gasteiger partial charge in [-0.2, -0.15) is 0 Å². The van der Waals surface area contributed by atoms with Crippen molar-refractivity contribution in [3.8, 4) is 5.88 Å². The second kappa shape index (κ2) is 5.77. The largest absolute Gasteiger partial charge is 0.494 e. The summed E-state index contributed by atoms with van der Waals surface area (Å²) >= 11 is 6.99. The van der Waals surface area contributed by atoms with E-state index < -0.39 is 0 Å². The molecule has 0 spiro atoms. The van der Waals surface area contributed by atoms with E-state index >= 15 is 0 Å². The van der Waals surface area contributed by atoms with Crippen molar-refractivity contribution in [1.29, 1.82) is 0 Å². The Morgan fingerprint density at radius 3 is 2.70 bits per heavy atom. The van der Waals surface area contributed by atoms with Gasteiger partial charge in [-0.15, -0.1) is 11.3 Å². The van der Waals surface area contributed by atoms with E-state index in [0.29, 0.717) is 5.88 Å². The fraction of sp³-hybridized carbons (Fsp3) is 0.316. The lowest BCUT2D eigenvalue weighted by molar-refractivity contribution is 0.409. The molecule has 0 aliphatic heterocycles. The molecule has 2 aromatic carbocycles. The molecule has 0 saturated heterocycles. The maximum absolute atomic E-state index is 10.6. The molecule has 0 radical (unpaired) electrons. The zero-order valence-corrected chi connectivity index (χ0v) is 14.7. The average Bonchev–Trinajstić information content (AvgIpc) is 2.86. The first-order valence-corrected chi connectivity index (χ1v) is 9.35. The zero-order valence-electron chi connectivity index (χ0n) is 13.1. The van der Waals surface area contributed by atoms with Crippen LogP contribution in [0.2, 0.25) is 0 Å². The van der Waals surface area contributed by atoms with E-state index in [9.17, 15) is 5.11 Å². The van der Waals surface area contributed by atoms with Gasteiger partial charge in [-0.1, -0.05) is 36.4 Å². The van der Waals surface area contributed by atoms with Crippen molar-refractivity contribution >= 4 is 34.3 Å². The van der Waals surface area contributed by atoms with Crippen molar-refractivity contribution in [3.63, 3.8) is 0 Å². The molecule has 1 aliphatic carbocycles. The standard InChI is InChI=1S/C19H19NOS2/c1-2-20-18(21)17(23-19(20)22)15-9-5-8-14-10-12-6-3-4-7-13(12)11-16(14)15/h3-4,6-7,10-11,15,21H,2,5,8-9H2,1H3. The number of nitrogens with zero attached hydrogens (tertiary/aromatic N) is 1. The van der Waals surface area contributed by atoms with E-state index in [-0.39, 0.29) is 5.92 Å². The van der Waals surface area contributed by atoms with Crippen molar-refractivity contribution in [2.24, 2.45) is 0 Å². The van der Waals surface area contributed by atoms with E-state index in [1.807, 2.05) is 11.5 Å². The first kappa shape index (κ1) is 14.9. The number of fused-ring (bicyclic) bond motifs is 2. The molecule has 0 fully saturated rings.